The van der Waals surface area contributed by atoms with E-state index >= 15 is 0 Å². The number of aromatic nitrogens is 1. The van der Waals surface area contributed by atoms with Crippen LogP contribution in [-0.2, 0) is 16.1 Å². The van der Waals surface area contributed by atoms with Crippen LogP contribution in [0.1, 0.15) is 39.0 Å². The van der Waals surface area contributed by atoms with Crippen LogP contribution in [0.2, 0.25) is 0 Å². The molecule has 6 nitrogen and oxygen atoms in total. The van der Waals surface area contributed by atoms with E-state index in [1.807, 2.05) is 70.2 Å². The third kappa shape index (κ3) is 6.87. The first kappa shape index (κ1) is 21.2. The minimum Gasteiger partial charge on any atom is -0.444 e. The van der Waals surface area contributed by atoms with Crippen molar-refractivity contribution in [3.63, 3.8) is 0 Å². The molecular weight excluding hydrogens is 354 g/mol. The first-order valence-corrected chi connectivity index (χ1v) is 9.24. The Morgan fingerprint density at radius 1 is 1.14 bits per heavy atom. The zero-order valence-electron chi connectivity index (χ0n) is 16.8. The normalized spacial score (nSPS) is 11.3. The number of carbonyl (C=O) groups excluding carboxylic acids is 2. The van der Waals surface area contributed by atoms with E-state index in [-0.39, 0.29) is 12.0 Å². The quantitative estimate of drug-likeness (QED) is 0.749. The van der Waals surface area contributed by atoms with Gasteiger partial charge in [0.2, 0.25) is 5.91 Å². The lowest BCUT2D eigenvalue weighted by molar-refractivity contribution is -0.111. The Hall–Kier alpha value is -3.15. The van der Waals surface area contributed by atoms with Gasteiger partial charge in [-0.25, -0.2) is 4.79 Å². The summed E-state index contributed by atoms with van der Waals surface area (Å²) in [4.78, 5) is 30.4. The van der Waals surface area contributed by atoms with Gasteiger partial charge in [-0.1, -0.05) is 24.3 Å². The van der Waals surface area contributed by atoms with Crippen LogP contribution in [0.25, 0.3) is 6.08 Å². The number of carbonyl (C=O) groups is 2. The summed E-state index contributed by atoms with van der Waals surface area (Å²) in [6.45, 7) is 8.23. The van der Waals surface area contributed by atoms with Gasteiger partial charge in [-0.2, -0.15) is 0 Å². The topological polar surface area (TPSA) is 71.5 Å². The van der Waals surface area contributed by atoms with Crippen molar-refractivity contribution in [1.29, 1.82) is 0 Å². The number of amides is 2. The minimum atomic E-state index is -0.561. The van der Waals surface area contributed by atoms with Crippen LogP contribution in [0, 0.1) is 0 Å². The van der Waals surface area contributed by atoms with Crippen molar-refractivity contribution in [3.8, 4) is 0 Å². The number of hydrogen-bond acceptors (Lipinski definition) is 4. The second kappa shape index (κ2) is 9.69. The van der Waals surface area contributed by atoms with Gasteiger partial charge in [-0.3, -0.25) is 9.78 Å². The van der Waals surface area contributed by atoms with Crippen LogP contribution in [0.4, 0.5) is 10.5 Å². The first-order chi connectivity index (χ1) is 13.3. The third-order valence-electron chi connectivity index (χ3n) is 3.76. The van der Waals surface area contributed by atoms with E-state index in [1.165, 1.54) is 6.08 Å². The molecule has 1 N–H and O–H groups in total. The Bertz CT molecular complexity index is 826. The molecule has 0 aliphatic carbocycles. The maximum absolute atomic E-state index is 12.4. The second-order valence-corrected chi connectivity index (χ2v) is 7.23. The summed E-state index contributed by atoms with van der Waals surface area (Å²) in [6.07, 6.45) is 4.37. The van der Waals surface area contributed by atoms with Crippen LogP contribution < -0.4 is 5.32 Å². The number of rotatable bonds is 6. The Labute approximate surface area is 166 Å². The van der Waals surface area contributed by atoms with Gasteiger partial charge in [-0.15, -0.1) is 0 Å². The highest BCUT2D eigenvalue weighted by atomic mass is 16.6. The van der Waals surface area contributed by atoms with Crippen LogP contribution in [0.15, 0.2) is 54.7 Å². The molecule has 0 fully saturated rings. The van der Waals surface area contributed by atoms with E-state index in [4.69, 9.17) is 4.74 Å². The number of para-hydroxylation sites is 1. The van der Waals surface area contributed by atoms with E-state index in [0.29, 0.717) is 24.5 Å². The Morgan fingerprint density at radius 2 is 1.86 bits per heavy atom. The monoisotopic (exact) mass is 381 g/mol. The van der Waals surface area contributed by atoms with Crippen LogP contribution in [-0.4, -0.2) is 34.0 Å². The molecule has 0 saturated carbocycles. The Balaban J connectivity index is 2.08. The number of nitrogens with one attached hydrogen (secondary N) is 1. The summed E-state index contributed by atoms with van der Waals surface area (Å²) in [5.41, 5.74) is 1.62. The third-order valence-corrected chi connectivity index (χ3v) is 3.76. The molecule has 0 unspecified atom stereocenters. The smallest absolute Gasteiger partial charge is 0.410 e. The molecule has 0 aliphatic rings. The van der Waals surface area contributed by atoms with Gasteiger partial charge in [0.15, 0.2) is 0 Å². The number of pyridine rings is 1. The van der Waals surface area contributed by atoms with Crippen molar-refractivity contribution in [2.75, 3.05) is 11.9 Å². The summed E-state index contributed by atoms with van der Waals surface area (Å²) in [7, 11) is 0. The standard InChI is InChI=1S/C22H27N3O3/c1-5-25(21(27)28-22(2,3)4)16-17-10-6-7-12-19(17)24-20(26)14-13-18-11-8-9-15-23-18/h6-15H,5,16H2,1-4H3,(H,24,26)/b14-13+. The summed E-state index contributed by atoms with van der Waals surface area (Å²) < 4.78 is 5.45. The van der Waals surface area contributed by atoms with E-state index < -0.39 is 5.60 Å². The Morgan fingerprint density at radius 3 is 2.50 bits per heavy atom. The summed E-state index contributed by atoms with van der Waals surface area (Å²) in [6, 6.07) is 12.9. The largest absolute Gasteiger partial charge is 0.444 e. The number of hydrogen-bond donors (Lipinski definition) is 1. The lowest BCUT2D eigenvalue weighted by Crippen LogP contribution is -2.36. The fourth-order valence-electron chi connectivity index (χ4n) is 2.43. The van der Waals surface area contributed by atoms with Gasteiger partial charge in [0, 0.05) is 24.5 Å². The zero-order valence-corrected chi connectivity index (χ0v) is 16.8. The minimum absolute atomic E-state index is 0.265. The molecule has 148 valence electrons. The van der Waals surface area contributed by atoms with Crippen molar-refractivity contribution in [2.45, 2.75) is 39.8 Å². The predicted octanol–water partition coefficient (Wildman–Crippen LogP) is 4.49. The average molecular weight is 381 g/mol. The fourth-order valence-corrected chi connectivity index (χ4v) is 2.43. The van der Waals surface area contributed by atoms with Gasteiger partial charge >= 0.3 is 6.09 Å². The van der Waals surface area contributed by atoms with Crippen molar-refractivity contribution >= 4 is 23.8 Å². The maximum atomic E-state index is 12.4. The lowest BCUT2D eigenvalue weighted by atomic mass is 10.1. The van der Waals surface area contributed by atoms with E-state index in [1.54, 1.807) is 17.2 Å². The maximum Gasteiger partial charge on any atom is 0.410 e. The van der Waals surface area contributed by atoms with E-state index in [0.717, 1.165) is 5.56 Å². The molecular formula is C22H27N3O3. The highest BCUT2D eigenvalue weighted by molar-refractivity contribution is 6.02. The van der Waals surface area contributed by atoms with Gasteiger partial charge in [-0.05, 0) is 57.5 Å². The van der Waals surface area contributed by atoms with Gasteiger partial charge in [0.05, 0.1) is 12.2 Å². The van der Waals surface area contributed by atoms with E-state index in [2.05, 4.69) is 10.3 Å². The summed E-state index contributed by atoms with van der Waals surface area (Å²) >= 11 is 0. The SMILES string of the molecule is CCN(Cc1ccccc1NC(=O)/C=C/c1ccccn1)C(=O)OC(C)(C)C. The molecule has 28 heavy (non-hydrogen) atoms. The van der Waals surface area contributed by atoms with Gasteiger partial charge < -0.3 is 15.0 Å². The molecule has 2 amide bonds. The molecule has 0 spiro atoms. The molecule has 0 aliphatic heterocycles. The highest BCUT2D eigenvalue weighted by Crippen LogP contribution is 2.19. The molecule has 1 aromatic carbocycles. The van der Waals surface area contributed by atoms with E-state index in [9.17, 15) is 9.59 Å². The predicted molar refractivity (Wildman–Crippen MR) is 111 cm³/mol. The molecule has 0 radical (unpaired) electrons. The highest BCUT2D eigenvalue weighted by Gasteiger charge is 2.22. The molecule has 2 rings (SSSR count). The van der Waals surface area contributed by atoms with Crippen molar-refractivity contribution in [2.24, 2.45) is 0 Å². The van der Waals surface area contributed by atoms with Crippen LogP contribution in [0.3, 0.4) is 0 Å². The second-order valence-electron chi connectivity index (χ2n) is 7.23. The molecule has 1 heterocycles. The molecule has 2 aromatic rings. The molecule has 6 heteroatoms. The lowest BCUT2D eigenvalue weighted by Gasteiger charge is -2.27. The number of ether oxygens (including phenoxy) is 1. The zero-order chi connectivity index (χ0) is 20.6. The van der Waals surface area contributed by atoms with Crippen molar-refractivity contribution in [1.82, 2.24) is 9.88 Å². The van der Waals surface area contributed by atoms with Crippen LogP contribution in [0.5, 0.6) is 0 Å². The van der Waals surface area contributed by atoms with Gasteiger partial charge in [0.25, 0.3) is 0 Å². The van der Waals surface area contributed by atoms with Crippen molar-refractivity contribution in [3.05, 3.63) is 66.0 Å². The molecule has 0 saturated heterocycles. The number of benzene rings is 1. The molecule has 0 atom stereocenters. The van der Waals surface area contributed by atoms with Crippen LogP contribution >= 0.6 is 0 Å². The van der Waals surface area contributed by atoms with Gasteiger partial charge in [0.1, 0.15) is 5.60 Å². The van der Waals surface area contributed by atoms with Crippen molar-refractivity contribution < 1.29 is 14.3 Å². The fraction of sp³-hybridized carbons (Fsp3) is 0.318. The number of anilines is 1. The Kier molecular flexibility index (Phi) is 7.32. The molecule has 1 aromatic heterocycles. The first-order valence-electron chi connectivity index (χ1n) is 9.24. The number of nitrogens with zero attached hydrogens (tertiary/aromatic N) is 2. The average Bonchev–Trinajstić information content (AvgIpc) is 2.65. The molecule has 0 bridgehead atoms. The summed E-state index contributed by atoms with van der Waals surface area (Å²) in [5.74, 6) is -0.265. The summed E-state index contributed by atoms with van der Waals surface area (Å²) in [5, 5.41) is 2.87.